The van der Waals surface area contributed by atoms with Gasteiger partial charge in [0, 0.05) is 6.04 Å². The van der Waals surface area contributed by atoms with Gasteiger partial charge in [-0.1, -0.05) is 54.6 Å². The molecule has 1 aliphatic rings. The molecule has 2 aromatic rings. The summed E-state index contributed by atoms with van der Waals surface area (Å²) >= 11 is 0. The lowest BCUT2D eigenvalue weighted by atomic mass is 9.86. The average molecular weight is 267 g/mol. The number of benzene rings is 2. The zero-order chi connectivity index (χ0) is 14.0. The first-order chi connectivity index (χ1) is 9.67. The van der Waals surface area contributed by atoms with Crippen molar-refractivity contribution in [3.8, 4) is 0 Å². The van der Waals surface area contributed by atoms with E-state index in [1.807, 2.05) is 37.3 Å². The minimum Gasteiger partial charge on any atom is -0.372 e. The van der Waals surface area contributed by atoms with E-state index in [4.69, 9.17) is 0 Å². The Labute approximate surface area is 120 Å². The molecule has 0 fully saturated rings. The van der Waals surface area contributed by atoms with Crippen LogP contribution in [0.3, 0.4) is 0 Å². The van der Waals surface area contributed by atoms with Crippen molar-refractivity contribution >= 4 is 0 Å². The van der Waals surface area contributed by atoms with E-state index in [1.54, 1.807) is 0 Å². The monoisotopic (exact) mass is 267 g/mol. The molecule has 0 saturated heterocycles. The second-order valence-electron chi connectivity index (χ2n) is 5.73. The minimum atomic E-state index is -1.00. The highest BCUT2D eigenvalue weighted by atomic mass is 16.3. The predicted molar refractivity (Wildman–Crippen MR) is 81.3 cm³/mol. The molecule has 2 heteroatoms. The summed E-state index contributed by atoms with van der Waals surface area (Å²) in [6.45, 7) is 1.83. The average Bonchev–Trinajstić information content (AvgIpc) is 2.48. The second kappa shape index (κ2) is 5.39. The Morgan fingerprint density at radius 3 is 2.55 bits per heavy atom. The number of aliphatic hydroxyl groups is 1. The predicted octanol–water partition coefficient (Wildman–Crippen LogP) is 3.52. The van der Waals surface area contributed by atoms with Gasteiger partial charge in [-0.3, -0.25) is 5.32 Å². The van der Waals surface area contributed by atoms with Crippen LogP contribution in [0.4, 0.5) is 0 Å². The van der Waals surface area contributed by atoms with Crippen molar-refractivity contribution in [1.29, 1.82) is 0 Å². The third kappa shape index (κ3) is 2.62. The van der Waals surface area contributed by atoms with Crippen molar-refractivity contribution in [2.45, 2.75) is 38.0 Å². The molecule has 2 N–H and O–H groups in total. The van der Waals surface area contributed by atoms with Crippen LogP contribution in [0, 0.1) is 0 Å². The molecule has 0 aliphatic heterocycles. The Morgan fingerprint density at radius 1 is 1.05 bits per heavy atom. The van der Waals surface area contributed by atoms with Crippen molar-refractivity contribution < 1.29 is 5.11 Å². The van der Waals surface area contributed by atoms with Crippen LogP contribution in [-0.2, 0) is 12.1 Å². The van der Waals surface area contributed by atoms with Crippen LogP contribution >= 0.6 is 0 Å². The van der Waals surface area contributed by atoms with Crippen LogP contribution in [0.25, 0.3) is 0 Å². The summed E-state index contributed by atoms with van der Waals surface area (Å²) in [4.78, 5) is 0. The van der Waals surface area contributed by atoms with E-state index in [0.717, 1.165) is 18.4 Å². The molecule has 20 heavy (non-hydrogen) atoms. The van der Waals surface area contributed by atoms with E-state index in [0.29, 0.717) is 0 Å². The number of hydrogen-bond donors (Lipinski definition) is 2. The second-order valence-corrected chi connectivity index (χ2v) is 5.73. The number of hydrogen-bond acceptors (Lipinski definition) is 2. The maximum absolute atomic E-state index is 10.8. The quantitative estimate of drug-likeness (QED) is 0.834. The minimum absolute atomic E-state index is 0.218. The molecule has 1 aliphatic carbocycles. The summed E-state index contributed by atoms with van der Waals surface area (Å²) in [5.41, 5.74) is 2.63. The molecule has 0 spiro atoms. The van der Waals surface area contributed by atoms with Crippen LogP contribution in [0.1, 0.15) is 42.5 Å². The van der Waals surface area contributed by atoms with E-state index in [9.17, 15) is 5.11 Å². The highest BCUT2D eigenvalue weighted by molar-refractivity contribution is 5.33. The van der Waals surface area contributed by atoms with Crippen molar-refractivity contribution in [2.75, 3.05) is 0 Å². The summed E-state index contributed by atoms with van der Waals surface area (Å²) in [6, 6.07) is 18.6. The van der Waals surface area contributed by atoms with Crippen molar-refractivity contribution in [1.82, 2.24) is 5.32 Å². The van der Waals surface area contributed by atoms with Crippen LogP contribution < -0.4 is 5.32 Å². The molecular weight excluding hydrogens is 246 g/mol. The van der Waals surface area contributed by atoms with Gasteiger partial charge >= 0.3 is 0 Å². The van der Waals surface area contributed by atoms with Crippen LogP contribution in [-0.4, -0.2) is 5.11 Å². The standard InChI is InChI=1S/C18H21NO/c1-18(20,15-10-3-2-4-11-15)19-17-13-7-9-14-8-5-6-12-16(14)17/h2-6,8,10-12,17,19-20H,7,9,13H2,1H3. The van der Waals surface area contributed by atoms with E-state index in [2.05, 4.69) is 29.6 Å². The van der Waals surface area contributed by atoms with Crippen LogP contribution in [0.2, 0.25) is 0 Å². The summed E-state index contributed by atoms with van der Waals surface area (Å²) in [5, 5.41) is 14.2. The molecule has 0 heterocycles. The van der Waals surface area contributed by atoms with Crippen molar-refractivity contribution in [3.05, 3.63) is 71.3 Å². The number of nitrogens with one attached hydrogen (secondary N) is 1. The Balaban J connectivity index is 1.85. The molecule has 0 radical (unpaired) electrons. The maximum atomic E-state index is 10.8. The first-order valence-electron chi connectivity index (χ1n) is 7.30. The molecule has 0 aromatic heterocycles. The fourth-order valence-electron chi connectivity index (χ4n) is 3.09. The van der Waals surface area contributed by atoms with Gasteiger partial charge in [0.2, 0.25) is 0 Å². The van der Waals surface area contributed by atoms with E-state index >= 15 is 0 Å². The lowest BCUT2D eigenvalue weighted by Crippen LogP contribution is -2.42. The molecule has 3 rings (SSSR count). The van der Waals surface area contributed by atoms with E-state index in [1.165, 1.54) is 17.5 Å². The zero-order valence-corrected chi connectivity index (χ0v) is 11.8. The molecule has 2 aromatic carbocycles. The van der Waals surface area contributed by atoms with Gasteiger partial charge in [0.05, 0.1) is 0 Å². The topological polar surface area (TPSA) is 32.3 Å². The first-order valence-corrected chi connectivity index (χ1v) is 7.30. The molecule has 104 valence electrons. The van der Waals surface area contributed by atoms with Gasteiger partial charge in [0.1, 0.15) is 5.72 Å². The molecular formula is C18H21NO. The van der Waals surface area contributed by atoms with Gasteiger partial charge < -0.3 is 5.11 Å². The number of fused-ring (bicyclic) bond motifs is 1. The molecule has 2 atom stereocenters. The highest BCUT2D eigenvalue weighted by Crippen LogP contribution is 2.32. The third-order valence-electron chi connectivity index (χ3n) is 4.16. The van der Waals surface area contributed by atoms with E-state index in [-0.39, 0.29) is 6.04 Å². The van der Waals surface area contributed by atoms with Crippen molar-refractivity contribution in [3.63, 3.8) is 0 Å². The van der Waals surface area contributed by atoms with Gasteiger partial charge in [0.25, 0.3) is 0 Å². The van der Waals surface area contributed by atoms with Gasteiger partial charge in [-0.25, -0.2) is 0 Å². The largest absolute Gasteiger partial charge is 0.372 e. The Hall–Kier alpha value is -1.64. The fraction of sp³-hybridized carbons (Fsp3) is 0.333. The Kier molecular flexibility index (Phi) is 3.60. The van der Waals surface area contributed by atoms with Crippen LogP contribution in [0.15, 0.2) is 54.6 Å². The third-order valence-corrected chi connectivity index (χ3v) is 4.16. The highest BCUT2D eigenvalue weighted by Gasteiger charge is 2.29. The van der Waals surface area contributed by atoms with E-state index < -0.39 is 5.72 Å². The zero-order valence-electron chi connectivity index (χ0n) is 11.8. The summed E-state index contributed by atoms with van der Waals surface area (Å²) in [5.74, 6) is 0. The number of aryl methyl sites for hydroxylation is 1. The summed E-state index contributed by atoms with van der Waals surface area (Å²) in [6.07, 6.45) is 3.38. The molecule has 2 nitrogen and oxygen atoms in total. The van der Waals surface area contributed by atoms with Gasteiger partial charge in [0.15, 0.2) is 0 Å². The molecule has 2 unspecified atom stereocenters. The molecule has 0 saturated carbocycles. The lowest BCUT2D eigenvalue weighted by molar-refractivity contribution is 0.00500. The first kappa shape index (κ1) is 13.3. The van der Waals surface area contributed by atoms with Crippen LogP contribution in [0.5, 0.6) is 0 Å². The van der Waals surface area contributed by atoms with Crippen molar-refractivity contribution in [2.24, 2.45) is 0 Å². The normalized spacial score (nSPS) is 21.0. The summed E-state index contributed by atoms with van der Waals surface area (Å²) in [7, 11) is 0. The summed E-state index contributed by atoms with van der Waals surface area (Å²) < 4.78 is 0. The van der Waals surface area contributed by atoms with Gasteiger partial charge in [-0.05, 0) is 42.9 Å². The fourth-order valence-corrected chi connectivity index (χ4v) is 3.09. The Bertz CT molecular complexity index is 577. The maximum Gasteiger partial charge on any atom is 0.139 e. The molecule has 0 bridgehead atoms. The van der Waals surface area contributed by atoms with Gasteiger partial charge in [-0.15, -0.1) is 0 Å². The lowest BCUT2D eigenvalue weighted by Gasteiger charge is -2.34. The smallest absolute Gasteiger partial charge is 0.139 e. The number of rotatable bonds is 3. The Morgan fingerprint density at radius 2 is 1.75 bits per heavy atom. The van der Waals surface area contributed by atoms with Gasteiger partial charge in [-0.2, -0.15) is 0 Å². The molecule has 0 amide bonds. The SMILES string of the molecule is CC(O)(NC1CCCc2ccccc21)c1ccccc1.